The zero-order chi connectivity index (χ0) is 99.4. The van der Waals surface area contributed by atoms with Gasteiger partial charge in [-0.15, -0.1) is 0 Å². The van der Waals surface area contributed by atoms with Crippen molar-refractivity contribution in [1.29, 1.82) is 0 Å². The van der Waals surface area contributed by atoms with Crippen molar-refractivity contribution in [2.45, 2.75) is 199 Å². The largest absolute Gasteiger partial charge is 0.507 e. The molecule has 2 unspecified atom stereocenters. The number of anilines is 4. The van der Waals surface area contributed by atoms with Crippen LogP contribution >= 0.6 is 12.2 Å². The summed E-state index contributed by atoms with van der Waals surface area (Å²) in [6, 6.07) is 6.82. The number of aromatic nitrogens is 2. The van der Waals surface area contributed by atoms with Crippen LogP contribution in [0.2, 0.25) is 0 Å². The molecule has 14 rings (SSSR count). The standard InChI is InChI=1S/C51H64N4O13.C51H64N4O12S/c1-24(2)23-54-16-18-55(19-17-54)32-21-33(57)39-35(22-32)67-48-40(52-39)36-37-44(60)30(8)47-38(36)49(62)51(10,68-47)65-20-15-34(64-11)27(5)46(66-31(9)56)29(7)43(59)28(6)42(58)25(3)13-12-14-26(4)50(63)53-41(48)45(37)61;1-24(2)23-54-16-18-55(19-17-54)32-21-34-39(35(68)22-32)52-40-36-37-44(59)30(8)47-38(36)49(61)51(10,67-47)64-20-15-33(63-11)27(5)46(65-31(9)56)29(7)43(58)28(6)42(57)25(3)13-12-14-26(4)50(62)53-41(45(37)60)48(40)66-34/h12-15,20-22,24-25,27-29,34,42-43,46,58-60,62H,16-19,23H2,1-11H3,(H,53,63);12-15,20-22,24-25,27-29,33,42-43,46,57-59,61H,16-19,23H2,1-11H3,(H,53,62)/b2*13-12+,20-15+,26-14-/t25-,27+,28+,29+,34-,42-,43+,46+,51?;25-,27+,28+,29+,33-,42-,43+,46+,51?/m00/s1. The fourth-order valence-electron chi connectivity index (χ4n) is 19.5. The third kappa shape index (κ3) is 20.0. The Kier molecular flexibility index (Phi) is 30.7. The summed E-state index contributed by atoms with van der Waals surface area (Å²) in [6.07, 6.45) is 7.32. The third-order valence-corrected chi connectivity index (χ3v) is 27.9. The Morgan fingerprint density at radius 2 is 0.868 bits per heavy atom. The van der Waals surface area contributed by atoms with Gasteiger partial charge in [0.15, 0.2) is 39.4 Å². The number of piperazine rings is 2. The first-order chi connectivity index (χ1) is 64.1. The zero-order valence-electron chi connectivity index (χ0n) is 81.2. The molecule has 136 heavy (non-hydrogen) atoms. The molecule has 8 heterocycles. The maximum absolute atomic E-state index is 14.9. The van der Waals surface area contributed by atoms with Crippen LogP contribution in [0.4, 0.5) is 22.7 Å². The molecule has 2 saturated heterocycles. The maximum Gasteiger partial charge on any atom is 0.307 e. The number of hydrogen-bond donors (Lipinski definition) is 10. The third-order valence-electron chi connectivity index (χ3n) is 27.6. The summed E-state index contributed by atoms with van der Waals surface area (Å²) in [4.78, 5) is 116. The molecule has 0 saturated carbocycles. The number of hydrogen-bond acceptors (Lipinski definition) is 32. The summed E-state index contributed by atoms with van der Waals surface area (Å²) in [7, 11) is 2.91. The highest BCUT2D eigenvalue weighted by molar-refractivity contribution is 7.71. The Morgan fingerprint density at radius 3 is 1.24 bits per heavy atom. The first-order valence-corrected chi connectivity index (χ1v) is 46.8. The van der Waals surface area contributed by atoms with Gasteiger partial charge in [0.2, 0.25) is 16.3 Å². The number of allylic oxidation sites excluding steroid dienone is 4. The number of methoxy groups -OCH3 is 2. The lowest BCUT2D eigenvalue weighted by atomic mass is 9.78. The number of benzene rings is 6. The van der Waals surface area contributed by atoms with Gasteiger partial charge in [-0.2, -0.15) is 0 Å². The number of nitrogens with one attached hydrogen (secondary N) is 2. The number of aromatic hydroxyl groups is 2. The van der Waals surface area contributed by atoms with Crippen molar-refractivity contribution in [2.24, 2.45) is 59.2 Å². The van der Waals surface area contributed by atoms with E-state index in [0.29, 0.717) is 35.1 Å². The Hall–Kier alpha value is -11.6. The van der Waals surface area contributed by atoms with Crippen molar-refractivity contribution >= 4 is 136 Å². The molecule has 2 aromatic heterocycles. The monoisotopic (exact) mass is 1900 g/mol. The van der Waals surface area contributed by atoms with E-state index in [9.17, 15) is 74.4 Å². The van der Waals surface area contributed by atoms with Crippen molar-refractivity contribution in [3.05, 3.63) is 153 Å². The van der Waals surface area contributed by atoms with E-state index in [1.54, 1.807) is 98.8 Å². The van der Waals surface area contributed by atoms with E-state index in [2.05, 4.69) is 57.9 Å². The van der Waals surface area contributed by atoms with Gasteiger partial charge in [0.05, 0.1) is 74.9 Å². The highest BCUT2D eigenvalue weighted by Crippen LogP contribution is 2.46. The summed E-state index contributed by atoms with van der Waals surface area (Å²) in [6.45, 7) is 42.2. The van der Waals surface area contributed by atoms with Gasteiger partial charge in [0.1, 0.15) is 63.1 Å². The van der Waals surface area contributed by atoms with E-state index >= 15 is 0 Å². The van der Waals surface area contributed by atoms with Crippen molar-refractivity contribution < 1.29 is 107 Å². The number of carbonyl (C=O) groups is 4. The Morgan fingerprint density at radius 1 is 0.500 bits per heavy atom. The minimum atomic E-state index is -1.98. The number of aliphatic hydroxyl groups is 6. The van der Waals surface area contributed by atoms with Gasteiger partial charge in [0, 0.05) is 217 Å². The molecule has 2 fully saturated rings. The van der Waals surface area contributed by atoms with Crippen LogP contribution in [0, 0.1) is 77.5 Å². The smallest absolute Gasteiger partial charge is 0.307 e. The average molecular weight is 1900 g/mol. The second-order valence-electron chi connectivity index (χ2n) is 38.4. The number of rotatable bonds is 10. The van der Waals surface area contributed by atoms with E-state index in [0.717, 1.165) is 58.0 Å². The number of amides is 2. The van der Waals surface area contributed by atoms with Crippen molar-refractivity contribution in [1.82, 2.24) is 19.8 Å². The number of aliphatic hydroxyl groups excluding tert-OH is 6. The number of nitrogens with zero attached hydrogens (tertiary/aromatic N) is 6. The molecule has 732 valence electrons. The number of phenols is 2. The maximum atomic E-state index is 14.9. The summed E-state index contributed by atoms with van der Waals surface area (Å²) < 4.78 is 61.7. The number of esters is 2. The highest BCUT2D eigenvalue weighted by atomic mass is 32.1. The lowest BCUT2D eigenvalue weighted by Gasteiger charge is -2.38. The van der Waals surface area contributed by atoms with Crippen LogP contribution in [0.5, 0.6) is 23.0 Å². The van der Waals surface area contributed by atoms with E-state index in [1.165, 1.54) is 99.5 Å². The number of fused-ring (bicyclic) bond motifs is 4. The van der Waals surface area contributed by atoms with Gasteiger partial charge < -0.3 is 108 Å². The molecule has 6 aliphatic heterocycles. The molecule has 8 bridgehead atoms. The van der Waals surface area contributed by atoms with Gasteiger partial charge in [-0.3, -0.25) is 43.4 Å². The fourth-order valence-corrected chi connectivity index (χ4v) is 19.8. The van der Waals surface area contributed by atoms with Crippen LogP contribution in [0.3, 0.4) is 0 Å². The first-order valence-electron chi connectivity index (χ1n) is 46.4. The molecule has 8 aromatic rings. The summed E-state index contributed by atoms with van der Waals surface area (Å²) in [5.74, 6) is -12.5. The second-order valence-corrected chi connectivity index (χ2v) is 38.9. The minimum Gasteiger partial charge on any atom is -0.507 e. The molecular weight excluding hydrogens is 1770 g/mol. The van der Waals surface area contributed by atoms with Crippen molar-refractivity contribution in [2.75, 3.05) is 100 Å². The molecule has 6 aliphatic rings. The molecule has 34 heteroatoms. The lowest BCUT2D eigenvalue weighted by Crippen LogP contribution is -2.47. The molecule has 33 nitrogen and oxygen atoms in total. The molecule has 2 amide bonds. The highest BCUT2D eigenvalue weighted by Gasteiger charge is 2.48. The number of carbonyl (C=O) groups excluding carboxylic acids is 4. The van der Waals surface area contributed by atoms with Gasteiger partial charge in [0.25, 0.3) is 11.8 Å². The van der Waals surface area contributed by atoms with Gasteiger partial charge in [-0.1, -0.05) is 132 Å². The predicted octanol–water partition coefficient (Wildman–Crippen LogP) is 12.0. The second kappa shape index (κ2) is 41.0. The summed E-state index contributed by atoms with van der Waals surface area (Å²) >= 11 is 5.96. The molecule has 6 aromatic carbocycles. The van der Waals surface area contributed by atoms with Crippen LogP contribution in [-0.4, -0.2) is 224 Å². The van der Waals surface area contributed by atoms with Gasteiger partial charge >= 0.3 is 23.5 Å². The summed E-state index contributed by atoms with van der Waals surface area (Å²) in [5.41, 5.74) is -1.01. The molecule has 18 atom stereocenters. The quantitative estimate of drug-likeness (QED) is 0.0263. The average Bonchev–Trinajstić information content (AvgIpc) is 1.54. The normalized spacial score (nSPS) is 29.5. The van der Waals surface area contributed by atoms with Crippen molar-refractivity contribution in [3.63, 3.8) is 0 Å². The Balaban J connectivity index is 0.000000230. The van der Waals surface area contributed by atoms with E-state index in [-0.39, 0.29) is 122 Å². The number of ether oxygens (including phenoxy) is 8. The van der Waals surface area contributed by atoms with Gasteiger partial charge in [-0.25, -0.2) is 9.97 Å². The molecule has 0 aliphatic carbocycles. The molecule has 0 radical (unpaired) electrons. The van der Waals surface area contributed by atoms with Crippen LogP contribution < -0.4 is 56.6 Å². The van der Waals surface area contributed by atoms with E-state index in [4.69, 9.17) is 68.9 Å². The van der Waals surface area contributed by atoms with Crippen LogP contribution in [-0.2, 0) is 47.6 Å². The molecule has 10 N–H and O–H groups in total. The Labute approximate surface area is 793 Å². The van der Waals surface area contributed by atoms with Crippen LogP contribution in [0.1, 0.15) is 136 Å². The van der Waals surface area contributed by atoms with E-state index < -0.39 is 171 Å². The summed E-state index contributed by atoms with van der Waals surface area (Å²) in [5, 5.41) is 99.0. The van der Waals surface area contributed by atoms with E-state index in [1.807, 2.05) is 12.1 Å². The first kappa shape index (κ1) is 102. The zero-order valence-corrected chi connectivity index (χ0v) is 82.0. The Bertz CT molecular complexity index is 6200. The lowest BCUT2D eigenvalue weighted by molar-refractivity contribution is -0.161. The van der Waals surface area contributed by atoms with Crippen LogP contribution in [0.25, 0.3) is 77.5 Å². The predicted molar refractivity (Wildman–Crippen MR) is 522 cm³/mol. The topological polar surface area (TPSA) is 444 Å². The van der Waals surface area contributed by atoms with Crippen molar-refractivity contribution in [3.8, 4) is 23.0 Å². The minimum absolute atomic E-state index is 0.000878. The molecule has 0 spiro atoms. The van der Waals surface area contributed by atoms with Gasteiger partial charge in [-0.05, 0) is 57.7 Å². The fraction of sp³-hybridized carbons (Fsp3) is 0.510. The molecular formula is C102H128N8O25S. The number of phenolic OH excluding ortho intramolecular Hbond substituents is 2. The van der Waals surface area contributed by atoms with Crippen LogP contribution in [0.15, 0.2) is 120 Å². The SMILES string of the molecule is CO[C@H]1/C=C/OC2(C)Oc3c(C)c(O)c4c(=O)c(c5oc6cc(N7CCN(CC(C)C)CC7)cc(=O)c6nc5c4c3=C2O)NC(=O)/C(C)=C\C=C\[C@H](C)[C@H](O)[C@@H](C)[C@@H](O)[C@@H](C)[C@H](OC(C)=O)[C@@H]1C.CO[C@H]1/C=C/OC2(C)Oc3c(C)c(O)c4c(=O)c(c5oc6cc(N7CCN(CC(C)C)CC7)cc(=S)c6nc5c4c3=C2O)NC(=O)/C(C)=C\C=C\[C@H](C)[C@H](O)[C@@H](C)[C@@H](O)[C@@H](C)[C@H](OC(C)=O)[C@@H]1C.